The van der Waals surface area contributed by atoms with Crippen molar-refractivity contribution in [3.63, 3.8) is 0 Å². The predicted molar refractivity (Wildman–Crippen MR) is 92.4 cm³/mol. The van der Waals surface area contributed by atoms with Crippen LogP contribution in [0.1, 0.15) is 18.4 Å². The highest BCUT2D eigenvalue weighted by Gasteiger charge is 2.42. The number of ether oxygens (including phenoxy) is 2. The lowest BCUT2D eigenvalue weighted by Gasteiger charge is -2.39. The second-order valence-corrected chi connectivity index (χ2v) is 7.22. The zero-order valence-electron chi connectivity index (χ0n) is 14.8. The van der Waals surface area contributed by atoms with E-state index in [1.54, 1.807) is 12.1 Å². The molecule has 1 aliphatic heterocycles. The maximum atomic E-state index is 13.1. The third-order valence-electron chi connectivity index (χ3n) is 5.15. The van der Waals surface area contributed by atoms with Gasteiger partial charge in [-0.15, -0.1) is 0 Å². The Balaban J connectivity index is 1.52. The Bertz CT molecular complexity index is 509. The molecule has 24 heavy (non-hydrogen) atoms. The molecule has 1 saturated heterocycles. The molecule has 0 spiro atoms. The van der Waals surface area contributed by atoms with E-state index in [-0.39, 0.29) is 11.9 Å². The van der Waals surface area contributed by atoms with Gasteiger partial charge in [-0.2, -0.15) is 0 Å². The Morgan fingerprint density at radius 2 is 2.04 bits per heavy atom. The molecule has 1 aromatic rings. The largest absolute Gasteiger partial charge is 0.380 e. The first-order valence-electron chi connectivity index (χ1n) is 8.96. The van der Waals surface area contributed by atoms with Crippen molar-refractivity contribution in [1.82, 2.24) is 9.80 Å². The van der Waals surface area contributed by atoms with Gasteiger partial charge in [-0.1, -0.05) is 12.1 Å². The van der Waals surface area contributed by atoms with Gasteiger partial charge in [0.1, 0.15) is 5.82 Å². The first-order valence-corrected chi connectivity index (χ1v) is 8.96. The van der Waals surface area contributed by atoms with Gasteiger partial charge in [0.25, 0.3) is 0 Å². The lowest BCUT2D eigenvalue weighted by molar-refractivity contribution is -0.0883. The summed E-state index contributed by atoms with van der Waals surface area (Å²) < 4.78 is 25.0. The normalized spacial score (nSPS) is 27.6. The molecular weight excluding hydrogens is 307 g/mol. The summed E-state index contributed by atoms with van der Waals surface area (Å²) in [5, 5.41) is 0. The fourth-order valence-electron chi connectivity index (χ4n) is 3.82. The molecule has 0 aromatic heterocycles. The lowest BCUT2D eigenvalue weighted by atomic mass is 10.0. The zero-order chi connectivity index (χ0) is 16.9. The summed E-state index contributed by atoms with van der Waals surface area (Å²) in [7, 11) is 4.12. The van der Waals surface area contributed by atoms with E-state index in [1.807, 2.05) is 12.1 Å². The minimum absolute atomic E-state index is 0.172. The molecule has 3 rings (SSSR count). The summed E-state index contributed by atoms with van der Waals surface area (Å²) in [6.07, 6.45) is 2.60. The van der Waals surface area contributed by atoms with Crippen LogP contribution in [-0.4, -0.2) is 69.0 Å². The van der Waals surface area contributed by atoms with Crippen molar-refractivity contribution in [2.24, 2.45) is 5.92 Å². The predicted octanol–water partition coefficient (Wildman–Crippen LogP) is 2.38. The number of hydrogen-bond donors (Lipinski definition) is 0. The van der Waals surface area contributed by atoms with E-state index in [0.717, 1.165) is 52.3 Å². The number of fused-ring (bicyclic) bond motifs is 1. The fourth-order valence-corrected chi connectivity index (χ4v) is 3.82. The van der Waals surface area contributed by atoms with Crippen molar-refractivity contribution < 1.29 is 13.9 Å². The minimum Gasteiger partial charge on any atom is -0.380 e. The zero-order valence-corrected chi connectivity index (χ0v) is 14.8. The topological polar surface area (TPSA) is 24.9 Å². The highest BCUT2D eigenvalue weighted by atomic mass is 19.1. The molecule has 0 radical (unpaired) electrons. The molecule has 0 unspecified atom stereocenters. The van der Waals surface area contributed by atoms with Crippen LogP contribution in [0.2, 0.25) is 0 Å². The first-order chi connectivity index (χ1) is 11.6. The number of nitrogens with zero attached hydrogens (tertiary/aromatic N) is 2. The highest BCUT2D eigenvalue weighted by Crippen LogP contribution is 2.35. The Kier molecular flexibility index (Phi) is 6.22. The minimum atomic E-state index is -0.172. The van der Waals surface area contributed by atoms with Crippen molar-refractivity contribution in [3.8, 4) is 0 Å². The summed E-state index contributed by atoms with van der Waals surface area (Å²) in [5.41, 5.74) is 1.17. The van der Waals surface area contributed by atoms with Gasteiger partial charge in [0, 0.05) is 31.6 Å². The van der Waals surface area contributed by atoms with E-state index in [9.17, 15) is 4.39 Å². The molecule has 2 aliphatic rings. The number of likely N-dealkylation sites (N-methyl/N-ethyl adjacent to an activating group) is 1. The van der Waals surface area contributed by atoms with Crippen LogP contribution in [-0.2, 0) is 16.0 Å². The first kappa shape index (κ1) is 17.8. The van der Waals surface area contributed by atoms with Crippen LogP contribution in [0.25, 0.3) is 0 Å². The number of morpholine rings is 1. The molecule has 1 aromatic carbocycles. The molecular formula is C19H29FN2O2. The monoisotopic (exact) mass is 336 g/mol. The quantitative estimate of drug-likeness (QED) is 0.714. The van der Waals surface area contributed by atoms with E-state index in [2.05, 4.69) is 23.9 Å². The lowest BCUT2D eigenvalue weighted by Crippen LogP contribution is -2.50. The van der Waals surface area contributed by atoms with Crippen molar-refractivity contribution in [2.45, 2.75) is 31.5 Å². The Morgan fingerprint density at radius 3 is 2.79 bits per heavy atom. The van der Waals surface area contributed by atoms with Gasteiger partial charge in [-0.25, -0.2) is 4.39 Å². The highest BCUT2D eigenvalue weighted by molar-refractivity contribution is 5.16. The molecule has 2 fully saturated rings. The van der Waals surface area contributed by atoms with Crippen LogP contribution in [0.3, 0.4) is 0 Å². The average molecular weight is 336 g/mol. The van der Waals surface area contributed by atoms with Gasteiger partial charge >= 0.3 is 0 Å². The van der Waals surface area contributed by atoms with Crippen molar-refractivity contribution in [1.29, 1.82) is 0 Å². The second-order valence-electron chi connectivity index (χ2n) is 7.22. The third kappa shape index (κ3) is 4.54. The van der Waals surface area contributed by atoms with Gasteiger partial charge in [-0.05, 0) is 44.6 Å². The van der Waals surface area contributed by atoms with Crippen LogP contribution in [0.5, 0.6) is 0 Å². The maximum Gasteiger partial charge on any atom is 0.123 e. The summed E-state index contributed by atoms with van der Waals surface area (Å²) >= 11 is 0. The molecule has 134 valence electrons. The molecule has 1 saturated carbocycles. The van der Waals surface area contributed by atoms with Gasteiger partial charge in [0.15, 0.2) is 0 Å². The van der Waals surface area contributed by atoms with Crippen molar-refractivity contribution in [3.05, 3.63) is 35.6 Å². The maximum absolute atomic E-state index is 13.1. The van der Waals surface area contributed by atoms with Gasteiger partial charge in [-0.3, -0.25) is 4.90 Å². The van der Waals surface area contributed by atoms with Crippen LogP contribution < -0.4 is 0 Å². The molecule has 0 amide bonds. The number of rotatable bonds is 7. The molecule has 3 atom stereocenters. The SMILES string of the molecule is CN(C)CCOC[C@@H]1CC[C@H]2[C@H]1OCCN2Cc1ccc(F)cc1. The Labute approximate surface area is 144 Å². The Hall–Kier alpha value is -1.01. The molecule has 1 heterocycles. The van der Waals surface area contributed by atoms with Crippen LogP contribution >= 0.6 is 0 Å². The number of halogens is 1. The number of hydrogen-bond acceptors (Lipinski definition) is 4. The third-order valence-corrected chi connectivity index (χ3v) is 5.15. The average Bonchev–Trinajstić information content (AvgIpc) is 2.98. The summed E-state index contributed by atoms with van der Waals surface area (Å²) in [6.45, 7) is 5.13. The fraction of sp³-hybridized carbons (Fsp3) is 0.684. The summed E-state index contributed by atoms with van der Waals surface area (Å²) in [5.74, 6) is 0.322. The molecule has 0 N–H and O–H groups in total. The second kappa shape index (κ2) is 8.39. The standard InChI is InChI=1S/C19H29FN2O2/c1-21(2)9-11-23-14-16-5-8-18-19(16)24-12-10-22(18)13-15-3-6-17(20)7-4-15/h3-4,6-7,16,18-19H,5,8-14H2,1-2H3/t16-,18-,19-/m0/s1. The smallest absolute Gasteiger partial charge is 0.123 e. The van der Waals surface area contributed by atoms with Crippen LogP contribution in [0, 0.1) is 11.7 Å². The van der Waals surface area contributed by atoms with E-state index in [0.29, 0.717) is 12.0 Å². The van der Waals surface area contributed by atoms with E-state index < -0.39 is 0 Å². The van der Waals surface area contributed by atoms with Gasteiger partial charge in [0.2, 0.25) is 0 Å². The van der Waals surface area contributed by atoms with E-state index >= 15 is 0 Å². The van der Waals surface area contributed by atoms with Crippen molar-refractivity contribution >= 4 is 0 Å². The van der Waals surface area contributed by atoms with Gasteiger partial charge < -0.3 is 14.4 Å². The Morgan fingerprint density at radius 1 is 1.25 bits per heavy atom. The van der Waals surface area contributed by atoms with Crippen LogP contribution in [0.15, 0.2) is 24.3 Å². The molecule has 0 bridgehead atoms. The molecule has 4 nitrogen and oxygen atoms in total. The van der Waals surface area contributed by atoms with Crippen LogP contribution in [0.4, 0.5) is 4.39 Å². The number of benzene rings is 1. The summed E-state index contributed by atoms with van der Waals surface area (Å²) in [6, 6.07) is 7.33. The van der Waals surface area contributed by atoms with Crippen molar-refractivity contribution in [2.75, 3.05) is 47.0 Å². The molecule has 1 aliphatic carbocycles. The summed E-state index contributed by atoms with van der Waals surface area (Å²) in [4.78, 5) is 4.64. The van der Waals surface area contributed by atoms with Gasteiger partial charge in [0.05, 0.1) is 25.9 Å². The van der Waals surface area contributed by atoms with E-state index in [1.165, 1.54) is 5.56 Å². The molecule has 5 heteroatoms. The van der Waals surface area contributed by atoms with E-state index in [4.69, 9.17) is 9.47 Å².